The van der Waals surface area contributed by atoms with Gasteiger partial charge >= 0.3 is 0 Å². The maximum Gasteiger partial charge on any atom is 0.118 e. The first kappa shape index (κ1) is 24.3. The molecule has 0 saturated heterocycles. The van der Waals surface area contributed by atoms with E-state index in [4.69, 9.17) is 0 Å². The van der Waals surface area contributed by atoms with E-state index in [1.54, 1.807) is 0 Å². The third kappa shape index (κ3) is 3.17. The molecule has 0 radical (unpaired) electrons. The van der Waals surface area contributed by atoms with E-state index in [0.717, 1.165) is 0 Å². The molecule has 0 spiro atoms. The molecule has 0 heterocycles. The minimum absolute atomic E-state index is 0. The zero-order chi connectivity index (χ0) is 17.3. The van der Waals surface area contributed by atoms with Crippen LogP contribution in [0.1, 0.15) is 55.4 Å². The summed E-state index contributed by atoms with van der Waals surface area (Å²) in [4.78, 5) is 0. The van der Waals surface area contributed by atoms with Crippen molar-refractivity contribution in [1.82, 2.24) is 0 Å². The SMILES string of the molecule is CC(C)(CO)[N+](C(C)(C)CO)(C(C)(C)CO)C(C)(C)CO.[Cl-]. The molecule has 0 aliphatic carbocycles. The molecule has 0 fully saturated rings. The molecule has 0 amide bonds. The van der Waals surface area contributed by atoms with Crippen LogP contribution < -0.4 is 12.4 Å². The minimum atomic E-state index is -0.676. The second kappa shape index (κ2) is 7.32. The topological polar surface area (TPSA) is 80.9 Å². The van der Waals surface area contributed by atoms with Gasteiger partial charge in [0.1, 0.15) is 22.2 Å². The molecule has 0 aromatic carbocycles. The number of hydrogen-bond donors (Lipinski definition) is 4. The molecule has 0 aromatic heterocycles. The summed E-state index contributed by atoms with van der Waals surface area (Å²) in [5.74, 6) is 0. The lowest BCUT2D eigenvalue weighted by atomic mass is 9.73. The van der Waals surface area contributed by atoms with Gasteiger partial charge in [-0.2, -0.15) is 0 Å². The molecule has 0 rings (SSSR count). The summed E-state index contributed by atoms with van der Waals surface area (Å²) in [6, 6.07) is 0. The molecule has 0 aliphatic rings. The Labute approximate surface area is 142 Å². The number of rotatable bonds is 8. The largest absolute Gasteiger partial charge is 1.00 e. The Hall–Kier alpha value is 0.0900. The number of nitrogens with zero attached hydrogens (tertiary/aromatic N) is 1. The summed E-state index contributed by atoms with van der Waals surface area (Å²) < 4.78 is 0.181. The van der Waals surface area contributed by atoms with E-state index in [1.807, 2.05) is 55.4 Å². The van der Waals surface area contributed by atoms with Gasteiger partial charge in [-0.1, -0.05) is 0 Å². The highest BCUT2D eigenvalue weighted by Crippen LogP contribution is 2.50. The van der Waals surface area contributed by atoms with Crippen LogP contribution in [0.25, 0.3) is 0 Å². The van der Waals surface area contributed by atoms with E-state index >= 15 is 0 Å². The van der Waals surface area contributed by atoms with Crippen molar-refractivity contribution in [2.45, 2.75) is 77.5 Å². The van der Waals surface area contributed by atoms with Crippen LogP contribution in [0.2, 0.25) is 0 Å². The third-order valence-electron chi connectivity index (χ3n) is 5.18. The van der Waals surface area contributed by atoms with E-state index < -0.39 is 22.2 Å². The summed E-state index contributed by atoms with van der Waals surface area (Å²) in [5, 5.41) is 40.2. The summed E-state index contributed by atoms with van der Waals surface area (Å²) in [6.45, 7) is 14.8. The van der Waals surface area contributed by atoms with Crippen molar-refractivity contribution in [2.24, 2.45) is 0 Å². The average molecular weight is 342 g/mol. The number of halogens is 1. The molecule has 136 valence electrons. The Morgan fingerprint density at radius 3 is 0.727 bits per heavy atom. The monoisotopic (exact) mass is 341 g/mol. The second-order valence-corrected chi connectivity index (χ2v) is 8.55. The van der Waals surface area contributed by atoms with Crippen molar-refractivity contribution in [3.05, 3.63) is 0 Å². The van der Waals surface area contributed by atoms with Gasteiger partial charge in [-0.25, -0.2) is 0 Å². The van der Waals surface area contributed by atoms with Crippen molar-refractivity contribution >= 4 is 0 Å². The molecule has 0 bridgehead atoms. The van der Waals surface area contributed by atoms with Gasteiger partial charge in [0, 0.05) is 0 Å². The van der Waals surface area contributed by atoms with Gasteiger partial charge in [-0.15, -0.1) is 0 Å². The number of aliphatic hydroxyl groups excluding tert-OH is 4. The highest BCUT2D eigenvalue weighted by atomic mass is 35.5. The number of quaternary nitrogens is 1. The average Bonchev–Trinajstić information content (AvgIpc) is 2.37. The molecule has 0 atom stereocenters. The van der Waals surface area contributed by atoms with Crippen LogP contribution in [0.3, 0.4) is 0 Å². The normalized spacial score (nSPS) is 14.7. The third-order valence-corrected chi connectivity index (χ3v) is 5.18. The smallest absolute Gasteiger partial charge is 0.118 e. The Morgan fingerprint density at radius 1 is 0.500 bits per heavy atom. The van der Waals surface area contributed by atoms with Crippen LogP contribution >= 0.6 is 0 Å². The standard InChI is InChI=1S/C16H36NO4.ClH/c1-13(2,9-18)17(14(3,4)10-19,15(5,6)11-20)16(7,8)12-21;/h18-21H,9-12H2,1-8H3;1H/q+1;/p-1. The summed E-state index contributed by atoms with van der Waals surface area (Å²) in [6.07, 6.45) is 0. The Balaban J connectivity index is 0. The lowest BCUT2D eigenvalue weighted by Gasteiger charge is -2.70. The highest BCUT2D eigenvalue weighted by Gasteiger charge is 2.67. The van der Waals surface area contributed by atoms with Crippen LogP contribution in [-0.4, -0.2) is 73.5 Å². The first-order chi connectivity index (χ1) is 9.24. The van der Waals surface area contributed by atoms with Gasteiger partial charge in [-0.3, -0.25) is 4.48 Å². The maximum absolute atomic E-state index is 10.0. The zero-order valence-corrected chi connectivity index (χ0v) is 16.2. The first-order valence-electron chi connectivity index (χ1n) is 7.57. The fraction of sp³-hybridized carbons (Fsp3) is 1.00. The zero-order valence-electron chi connectivity index (χ0n) is 15.4. The van der Waals surface area contributed by atoms with Crippen molar-refractivity contribution in [1.29, 1.82) is 0 Å². The van der Waals surface area contributed by atoms with Crippen LogP contribution in [0.5, 0.6) is 0 Å². The lowest BCUT2D eigenvalue weighted by Crippen LogP contribution is -3.00. The molecule has 0 saturated carbocycles. The van der Waals surface area contributed by atoms with E-state index in [0.29, 0.717) is 0 Å². The van der Waals surface area contributed by atoms with Crippen LogP contribution in [-0.2, 0) is 0 Å². The van der Waals surface area contributed by atoms with Crippen molar-refractivity contribution in [2.75, 3.05) is 26.4 Å². The van der Waals surface area contributed by atoms with Crippen LogP contribution in [0.4, 0.5) is 0 Å². The Morgan fingerprint density at radius 2 is 0.636 bits per heavy atom. The van der Waals surface area contributed by atoms with Crippen LogP contribution in [0.15, 0.2) is 0 Å². The number of aliphatic hydroxyl groups is 4. The quantitative estimate of drug-likeness (QED) is 0.381. The predicted molar refractivity (Wildman–Crippen MR) is 84.9 cm³/mol. The highest BCUT2D eigenvalue weighted by molar-refractivity contribution is 4.94. The lowest BCUT2D eigenvalue weighted by molar-refractivity contribution is -1.09. The van der Waals surface area contributed by atoms with E-state index in [2.05, 4.69) is 0 Å². The molecule has 0 unspecified atom stereocenters. The summed E-state index contributed by atoms with van der Waals surface area (Å²) >= 11 is 0. The summed E-state index contributed by atoms with van der Waals surface area (Å²) in [5.41, 5.74) is -2.70. The molecule has 5 nitrogen and oxygen atoms in total. The van der Waals surface area contributed by atoms with Crippen molar-refractivity contribution < 1.29 is 37.3 Å². The van der Waals surface area contributed by atoms with Gasteiger partial charge in [0.25, 0.3) is 0 Å². The molecule has 6 heteroatoms. The van der Waals surface area contributed by atoms with Gasteiger partial charge in [-0.05, 0) is 55.4 Å². The van der Waals surface area contributed by atoms with Gasteiger partial charge < -0.3 is 32.8 Å². The van der Waals surface area contributed by atoms with E-state index in [9.17, 15) is 20.4 Å². The summed E-state index contributed by atoms with van der Waals surface area (Å²) in [7, 11) is 0. The Kier molecular flexibility index (Phi) is 8.10. The van der Waals surface area contributed by atoms with Gasteiger partial charge in [0.2, 0.25) is 0 Å². The van der Waals surface area contributed by atoms with E-state index in [-0.39, 0.29) is 43.3 Å². The second-order valence-electron chi connectivity index (χ2n) is 8.55. The molecule has 4 N–H and O–H groups in total. The van der Waals surface area contributed by atoms with E-state index in [1.165, 1.54) is 0 Å². The van der Waals surface area contributed by atoms with Crippen LogP contribution in [0, 0.1) is 0 Å². The fourth-order valence-corrected chi connectivity index (χ4v) is 5.34. The molecule has 0 aliphatic heterocycles. The molecular formula is C16H36ClNO4. The van der Waals surface area contributed by atoms with Gasteiger partial charge in [0.05, 0.1) is 26.4 Å². The maximum atomic E-state index is 10.0. The number of hydrogen-bond acceptors (Lipinski definition) is 4. The molecule has 22 heavy (non-hydrogen) atoms. The molecular weight excluding hydrogens is 306 g/mol. The first-order valence-corrected chi connectivity index (χ1v) is 7.57. The predicted octanol–water partition coefficient (Wildman–Crippen LogP) is -2.11. The molecule has 0 aromatic rings. The van der Waals surface area contributed by atoms with Gasteiger partial charge in [0.15, 0.2) is 0 Å². The van der Waals surface area contributed by atoms with Crippen molar-refractivity contribution in [3.8, 4) is 0 Å². The van der Waals surface area contributed by atoms with Crippen molar-refractivity contribution in [3.63, 3.8) is 0 Å². The fourth-order valence-electron chi connectivity index (χ4n) is 5.34. The minimum Gasteiger partial charge on any atom is -1.00 e. The Bertz CT molecular complexity index is 285.